The molecule has 0 amide bonds. The molecule has 0 bridgehead atoms. The van der Waals surface area contributed by atoms with E-state index >= 15 is 0 Å². The standard InChI is InChI=1S/C19H22N4O/c1-3-19-20-8-6-13(21-19)11-23-9-7-18-16(12-23)15-10-14(24-2)4-5-17(15)22-18/h4-6,8,10,22H,3,7,9,11-12H2,1-2H3. The molecule has 3 aromatic rings. The molecule has 0 unspecified atom stereocenters. The topological polar surface area (TPSA) is 54.0 Å². The molecular weight excluding hydrogens is 300 g/mol. The Kier molecular flexibility index (Phi) is 3.94. The minimum Gasteiger partial charge on any atom is -0.497 e. The number of benzene rings is 1. The molecule has 0 aliphatic carbocycles. The quantitative estimate of drug-likeness (QED) is 0.802. The monoisotopic (exact) mass is 322 g/mol. The van der Waals surface area contributed by atoms with E-state index in [4.69, 9.17) is 4.74 Å². The van der Waals surface area contributed by atoms with Gasteiger partial charge in [-0.25, -0.2) is 9.97 Å². The van der Waals surface area contributed by atoms with Crippen LogP contribution >= 0.6 is 0 Å². The zero-order valence-corrected chi connectivity index (χ0v) is 14.2. The molecule has 0 fully saturated rings. The first-order valence-electron chi connectivity index (χ1n) is 8.47. The summed E-state index contributed by atoms with van der Waals surface area (Å²) in [5, 5.41) is 1.27. The van der Waals surface area contributed by atoms with Crippen molar-refractivity contribution in [3.8, 4) is 5.75 Å². The van der Waals surface area contributed by atoms with Gasteiger partial charge in [0.25, 0.3) is 0 Å². The molecule has 124 valence electrons. The number of hydrogen-bond donors (Lipinski definition) is 1. The number of aromatic amines is 1. The first-order valence-corrected chi connectivity index (χ1v) is 8.47. The molecule has 2 aromatic heterocycles. The molecule has 0 radical (unpaired) electrons. The summed E-state index contributed by atoms with van der Waals surface area (Å²) < 4.78 is 5.39. The largest absolute Gasteiger partial charge is 0.497 e. The maximum absolute atomic E-state index is 5.39. The van der Waals surface area contributed by atoms with Gasteiger partial charge in [0.05, 0.1) is 12.8 Å². The van der Waals surface area contributed by atoms with E-state index in [0.29, 0.717) is 0 Å². The molecule has 1 aromatic carbocycles. The highest BCUT2D eigenvalue weighted by Gasteiger charge is 2.21. The van der Waals surface area contributed by atoms with Crippen molar-refractivity contribution < 1.29 is 4.74 Å². The zero-order chi connectivity index (χ0) is 16.5. The van der Waals surface area contributed by atoms with Crippen LogP contribution in [-0.2, 0) is 25.9 Å². The van der Waals surface area contributed by atoms with Crippen molar-refractivity contribution in [2.75, 3.05) is 13.7 Å². The molecule has 1 aliphatic heterocycles. The highest BCUT2D eigenvalue weighted by molar-refractivity contribution is 5.86. The molecule has 5 nitrogen and oxygen atoms in total. The van der Waals surface area contributed by atoms with Gasteiger partial charge in [0.15, 0.2) is 0 Å². The van der Waals surface area contributed by atoms with E-state index in [9.17, 15) is 0 Å². The third kappa shape index (κ3) is 2.76. The van der Waals surface area contributed by atoms with Crippen molar-refractivity contribution in [1.82, 2.24) is 19.9 Å². The smallest absolute Gasteiger partial charge is 0.128 e. The summed E-state index contributed by atoms with van der Waals surface area (Å²) in [6, 6.07) is 8.27. The zero-order valence-electron chi connectivity index (χ0n) is 14.2. The van der Waals surface area contributed by atoms with Gasteiger partial charge in [-0.3, -0.25) is 4.90 Å². The number of methoxy groups -OCH3 is 1. The Morgan fingerprint density at radius 1 is 1.29 bits per heavy atom. The molecule has 3 heterocycles. The van der Waals surface area contributed by atoms with E-state index in [2.05, 4.69) is 38.9 Å². The van der Waals surface area contributed by atoms with Gasteiger partial charge in [-0.1, -0.05) is 6.92 Å². The van der Waals surface area contributed by atoms with Crippen molar-refractivity contribution in [3.05, 3.63) is 53.2 Å². The molecule has 0 atom stereocenters. The molecule has 0 saturated heterocycles. The van der Waals surface area contributed by atoms with Crippen molar-refractivity contribution in [3.63, 3.8) is 0 Å². The second kappa shape index (κ2) is 6.24. The number of nitrogens with zero attached hydrogens (tertiary/aromatic N) is 3. The number of hydrogen-bond acceptors (Lipinski definition) is 4. The third-order valence-corrected chi connectivity index (χ3v) is 4.73. The Labute approximate surface area is 141 Å². The van der Waals surface area contributed by atoms with E-state index in [1.165, 1.54) is 22.2 Å². The van der Waals surface area contributed by atoms with Crippen LogP contribution in [0.3, 0.4) is 0 Å². The maximum atomic E-state index is 5.39. The summed E-state index contributed by atoms with van der Waals surface area (Å²) in [4.78, 5) is 14.9. The molecule has 0 saturated carbocycles. The summed E-state index contributed by atoms with van der Waals surface area (Å²) in [5.74, 6) is 1.83. The second-order valence-corrected chi connectivity index (χ2v) is 6.27. The van der Waals surface area contributed by atoms with E-state index in [1.54, 1.807) is 7.11 Å². The number of rotatable bonds is 4. The van der Waals surface area contributed by atoms with Gasteiger partial charge >= 0.3 is 0 Å². The predicted octanol–water partition coefficient (Wildman–Crippen LogP) is 3.09. The fraction of sp³-hybridized carbons (Fsp3) is 0.368. The summed E-state index contributed by atoms with van der Waals surface area (Å²) >= 11 is 0. The van der Waals surface area contributed by atoms with Gasteiger partial charge in [-0.2, -0.15) is 0 Å². The average Bonchev–Trinajstić information content (AvgIpc) is 2.99. The van der Waals surface area contributed by atoms with E-state index in [0.717, 1.165) is 49.7 Å². The first-order chi connectivity index (χ1) is 11.8. The summed E-state index contributed by atoms with van der Waals surface area (Å²) in [5.41, 5.74) is 5.03. The first kappa shape index (κ1) is 15.1. The lowest BCUT2D eigenvalue weighted by Crippen LogP contribution is -2.30. The number of fused-ring (bicyclic) bond motifs is 3. The van der Waals surface area contributed by atoms with Crippen LogP contribution in [0.15, 0.2) is 30.5 Å². The van der Waals surface area contributed by atoms with Crippen LogP contribution in [-0.4, -0.2) is 33.5 Å². The van der Waals surface area contributed by atoms with E-state index < -0.39 is 0 Å². The van der Waals surface area contributed by atoms with Gasteiger partial charge in [0, 0.05) is 55.3 Å². The Bertz CT molecular complexity index is 871. The average molecular weight is 322 g/mol. The van der Waals surface area contributed by atoms with Crippen molar-refractivity contribution >= 4 is 10.9 Å². The third-order valence-electron chi connectivity index (χ3n) is 4.73. The van der Waals surface area contributed by atoms with Gasteiger partial charge in [0.1, 0.15) is 11.6 Å². The van der Waals surface area contributed by atoms with Crippen molar-refractivity contribution in [1.29, 1.82) is 0 Å². The Morgan fingerprint density at radius 2 is 2.21 bits per heavy atom. The SMILES string of the molecule is CCc1nccc(CN2CCc3[nH]c4ccc(OC)cc4c3C2)n1. The highest BCUT2D eigenvalue weighted by atomic mass is 16.5. The Hall–Kier alpha value is -2.40. The number of nitrogens with one attached hydrogen (secondary N) is 1. The molecule has 5 heteroatoms. The summed E-state index contributed by atoms with van der Waals surface area (Å²) in [6.45, 7) is 4.94. The van der Waals surface area contributed by atoms with E-state index in [-0.39, 0.29) is 0 Å². The molecule has 1 aliphatic rings. The Morgan fingerprint density at radius 3 is 3.04 bits per heavy atom. The molecule has 24 heavy (non-hydrogen) atoms. The van der Waals surface area contributed by atoms with Crippen LogP contribution in [0.5, 0.6) is 5.75 Å². The molecule has 1 N–H and O–H groups in total. The van der Waals surface area contributed by atoms with E-state index in [1.807, 2.05) is 18.3 Å². The van der Waals surface area contributed by atoms with Gasteiger partial charge < -0.3 is 9.72 Å². The van der Waals surface area contributed by atoms with Crippen LogP contribution in [0, 0.1) is 0 Å². The second-order valence-electron chi connectivity index (χ2n) is 6.27. The van der Waals surface area contributed by atoms with Crippen LogP contribution in [0.4, 0.5) is 0 Å². The lowest BCUT2D eigenvalue weighted by Gasteiger charge is -2.26. The van der Waals surface area contributed by atoms with Gasteiger partial charge in [0.2, 0.25) is 0 Å². The number of aryl methyl sites for hydroxylation is 1. The normalized spacial score (nSPS) is 14.8. The summed E-state index contributed by atoms with van der Waals surface area (Å²) in [7, 11) is 1.72. The number of aromatic nitrogens is 3. The Balaban J connectivity index is 1.60. The predicted molar refractivity (Wildman–Crippen MR) is 94.1 cm³/mol. The minimum absolute atomic E-state index is 0.867. The minimum atomic E-state index is 0.867. The fourth-order valence-corrected chi connectivity index (χ4v) is 3.44. The van der Waals surface area contributed by atoms with Crippen LogP contribution < -0.4 is 4.74 Å². The molecule has 4 rings (SSSR count). The van der Waals surface area contributed by atoms with Gasteiger partial charge in [-0.05, 0) is 29.8 Å². The number of H-pyrrole nitrogens is 1. The highest BCUT2D eigenvalue weighted by Crippen LogP contribution is 2.30. The molecular formula is C19H22N4O. The van der Waals surface area contributed by atoms with Crippen LogP contribution in [0.2, 0.25) is 0 Å². The van der Waals surface area contributed by atoms with Crippen molar-refractivity contribution in [2.24, 2.45) is 0 Å². The lowest BCUT2D eigenvalue weighted by molar-refractivity contribution is 0.242. The lowest BCUT2D eigenvalue weighted by atomic mass is 10.0. The fourth-order valence-electron chi connectivity index (χ4n) is 3.44. The summed E-state index contributed by atoms with van der Waals surface area (Å²) in [6.07, 6.45) is 3.78. The van der Waals surface area contributed by atoms with Crippen LogP contribution in [0.1, 0.15) is 29.7 Å². The molecule has 0 spiro atoms. The van der Waals surface area contributed by atoms with Crippen LogP contribution in [0.25, 0.3) is 10.9 Å². The van der Waals surface area contributed by atoms with Crippen molar-refractivity contribution in [2.45, 2.75) is 32.9 Å². The number of ether oxygens (including phenoxy) is 1. The maximum Gasteiger partial charge on any atom is 0.128 e. The van der Waals surface area contributed by atoms with Gasteiger partial charge in [-0.15, -0.1) is 0 Å².